The number of aromatic nitrogens is 1. The molecule has 9 heteroatoms. The average Bonchev–Trinajstić information content (AvgIpc) is 3.10. The summed E-state index contributed by atoms with van der Waals surface area (Å²) in [5.74, 6) is -0.216. The Morgan fingerprint density at radius 1 is 1.14 bits per heavy atom. The Morgan fingerprint density at radius 3 is 2.41 bits per heavy atom. The zero-order valence-corrected chi connectivity index (χ0v) is 18.1. The third kappa shape index (κ3) is 5.29. The lowest BCUT2D eigenvalue weighted by Gasteiger charge is -2.22. The number of nitro groups is 1. The van der Waals surface area contributed by atoms with Crippen LogP contribution in [0.2, 0.25) is 0 Å². The van der Waals surface area contributed by atoms with Crippen molar-refractivity contribution < 1.29 is 9.72 Å². The number of non-ortho nitro benzene ring substituents is 1. The molecule has 0 fully saturated rings. The molecule has 0 spiro atoms. The minimum atomic E-state index is -0.475. The lowest BCUT2D eigenvalue weighted by Crippen LogP contribution is -2.36. The molecule has 0 saturated heterocycles. The van der Waals surface area contributed by atoms with E-state index in [-0.39, 0.29) is 24.0 Å². The molecule has 1 aromatic heterocycles. The smallest absolute Gasteiger partial charge is 0.269 e. The highest BCUT2D eigenvalue weighted by atomic mass is 35.5. The Morgan fingerprint density at radius 2 is 1.83 bits per heavy atom. The molecule has 0 bridgehead atoms. The summed E-state index contributed by atoms with van der Waals surface area (Å²) in [7, 11) is 3.89. The molecule has 1 amide bonds. The van der Waals surface area contributed by atoms with Crippen LogP contribution in [0.1, 0.15) is 22.8 Å². The number of aryl methyl sites for hydroxylation is 1. The van der Waals surface area contributed by atoms with Crippen molar-refractivity contribution in [3.63, 3.8) is 0 Å². The predicted molar refractivity (Wildman–Crippen MR) is 120 cm³/mol. The number of thiazole rings is 1. The van der Waals surface area contributed by atoms with Crippen LogP contribution >= 0.6 is 23.7 Å². The molecule has 154 valence electrons. The Bertz CT molecular complexity index is 1000. The van der Waals surface area contributed by atoms with Crippen molar-refractivity contribution >= 4 is 50.7 Å². The first-order valence-corrected chi connectivity index (χ1v) is 9.81. The van der Waals surface area contributed by atoms with Crippen molar-refractivity contribution in [3.05, 3.63) is 63.7 Å². The van der Waals surface area contributed by atoms with Gasteiger partial charge in [0.25, 0.3) is 11.6 Å². The number of likely N-dealkylation sites (N-methyl/N-ethyl adjacent to an activating group) is 1. The van der Waals surface area contributed by atoms with E-state index in [9.17, 15) is 14.9 Å². The molecular weight excluding hydrogens is 412 g/mol. The van der Waals surface area contributed by atoms with Gasteiger partial charge in [-0.25, -0.2) is 4.98 Å². The van der Waals surface area contributed by atoms with Crippen molar-refractivity contribution in [1.29, 1.82) is 0 Å². The second-order valence-electron chi connectivity index (χ2n) is 6.72. The van der Waals surface area contributed by atoms with Crippen LogP contribution in [-0.4, -0.2) is 47.9 Å². The number of nitro benzene ring substituents is 1. The van der Waals surface area contributed by atoms with Gasteiger partial charge < -0.3 is 4.90 Å². The average molecular weight is 435 g/mol. The number of halogens is 1. The molecule has 0 N–H and O–H groups in total. The van der Waals surface area contributed by atoms with Crippen molar-refractivity contribution in [1.82, 2.24) is 9.88 Å². The molecule has 7 nitrogen and oxygen atoms in total. The fourth-order valence-corrected chi connectivity index (χ4v) is 3.81. The van der Waals surface area contributed by atoms with Crippen LogP contribution in [0.4, 0.5) is 10.8 Å². The number of fused-ring (bicyclic) bond motifs is 1. The molecule has 3 rings (SSSR count). The van der Waals surface area contributed by atoms with E-state index in [2.05, 4.69) is 18.0 Å². The number of carbonyl (C=O) groups is 1. The second-order valence-corrected chi connectivity index (χ2v) is 7.73. The van der Waals surface area contributed by atoms with Gasteiger partial charge in [-0.2, -0.15) is 0 Å². The minimum Gasteiger partial charge on any atom is -0.308 e. The van der Waals surface area contributed by atoms with Crippen molar-refractivity contribution in [2.45, 2.75) is 13.3 Å². The number of benzene rings is 2. The van der Waals surface area contributed by atoms with Crippen molar-refractivity contribution in [2.24, 2.45) is 0 Å². The van der Waals surface area contributed by atoms with Crippen LogP contribution in [-0.2, 0) is 6.42 Å². The van der Waals surface area contributed by atoms with E-state index in [1.165, 1.54) is 41.2 Å². The van der Waals surface area contributed by atoms with E-state index in [0.717, 1.165) is 16.6 Å². The quantitative estimate of drug-likeness (QED) is 0.406. The first-order chi connectivity index (χ1) is 13.4. The monoisotopic (exact) mass is 434 g/mol. The number of amides is 1. The molecule has 29 heavy (non-hydrogen) atoms. The Hall–Kier alpha value is -2.55. The first kappa shape index (κ1) is 22.7. The highest BCUT2D eigenvalue weighted by Gasteiger charge is 2.22. The Kier molecular flexibility index (Phi) is 7.66. The van der Waals surface area contributed by atoms with E-state index >= 15 is 0 Å². The summed E-state index contributed by atoms with van der Waals surface area (Å²) in [5, 5.41) is 11.5. The van der Waals surface area contributed by atoms with Gasteiger partial charge >= 0.3 is 0 Å². The molecule has 3 aromatic rings. The molecule has 0 radical (unpaired) electrons. The van der Waals surface area contributed by atoms with Gasteiger partial charge in [0.1, 0.15) is 0 Å². The summed E-state index contributed by atoms with van der Waals surface area (Å²) in [6.45, 7) is 3.25. The van der Waals surface area contributed by atoms with Crippen LogP contribution in [0.5, 0.6) is 0 Å². The highest BCUT2D eigenvalue weighted by Crippen LogP contribution is 2.30. The maximum Gasteiger partial charge on any atom is 0.269 e. The van der Waals surface area contributed by atoms with Gasteiger partial charge in [-0.3, -0.25) is 19.8 Å². The highest BCUT2D eigenvalue weighted by molar-refractivity contribution is 7.22. The zero-order valence-electron chi connectivity index (χ0n) is 16.5. The third-order valence-corrected chi connectivity index (χ3v) is 5.46. The molecule has 0 aliphatic heterocycles. The normalized spacial score (nSPS) is 10.8. The fraction of sp³-hybridized carbons (Fsp3) is 0.300. The maximum atomic E-state index is 13.1. The van der Waals surface area contributed by atoms with Gasteiger partial charge in [-0.15, -0.1) is 12.4 Å². The lowest BCUT2D eigenvalue weighted by molar-refractivity contribution is -0.384. The zero-order chi connectivity index (χ0) is 20.3. The van der Waals surface area contributed by atoms with Gasteiger partial charge in [-0.1, -0.05) is 24.3 Å². The molecule has 0 aliphatic carbocycles. The minimum absolute atomic E-state index is 0. The van der Waals surface area contributed by atoms with Gasteiger partial charge in [0.05, 0.1) is 15.1 Å². The summed E-state index contributed by atoms with van der Waals surface area (Å²) >= 11 is 1.48. The van der Waals surface area contributed by atoms with E-state index in [0.29, 0.717) is 23.8 Å². The summed E-state index contributed by atoms with van der Waals surface area (Å²) < 4.78 is 1.04. The van der Waals surface area contributed by atoms with E-state index < -0.39 is 4.92 Å². The summed E-state index contributed by atoms with van der Waals surface area (Å²) in [6, 6.07) is 11.8. The van der Waals surface area contributed by atoms with Crippen LogP contribution < -0.4 is 4.90 Å². The fourth-order valence-electron chi connectivity index (χ4n) is 2.76. The molecule has 0 unspecified atom stereocenters. The summed E-state index contributed by atoms with van der Waals surface area (Å²) in [5.41, 5.74) is 2.45. The molecule has 1 heterocycles. The number of carbonyl (C=O) groups excluding carboxylic acids is 1. The predicted octanol–water partition coefficient (Wildman–Crippen LogP) is 4.40. The molecule has 0 aliphatic rings. The molecule has 0 saturated carbocycles. The van der Waals surface area contributed by atoms with Crippen molar-refractivity contribution in [2.75, 3.05) is 32.1 Å². The Labute approximate surface area is 179 Å². The number of hydrogen-bond acceptors (Lipinski definition) is 6. The van der Waals surface area contributed by atoms with Crippen LogP contribution in [0.25, 0.3) is 10.2 Å². The van der Waals surface area contributed by atoms with Crippen LogP contribution in [0, 0.1) is 10.1 Å². The number of hydrogen-bond donors (Lipinski definition) is 0. The Balaban J connectivity index is 0.00000300. The van der Waals surface area contributed by atoms with Gasteiger partial charge in [0, 0.05) is 30.8 Å². The standard InChI is InChI=1S/C20H22N4O3S.ClH/c1-4-14-5-10-17-18(13-14)28-20(21-17)23(12-11-22(2)3)19(25)15-6-8-16(9-7-15)24(26)27;/h5-10,13H,4,11-12H2,1-3H3;1H. The number of anilines is 1. The van der Waals surface area contributed by atoms with E-state index in [4.69, 9.17) is 0 Å². The third-order valence-electron chi connectivity index (χ3n) is 4.42. The largest absolute Gasteiger partial charge is 0.308 e. The topological polar surface area (TPSA) is 79.6 Å². The lowest BCUT2D eigenvalue weighted by atomic mass is 10.2. The molecular formula is C20H23ClN4O3S. The molecule has 0 atom stereocenters. The van der Waals surface area contributed by atoms with Gasteiger partial charge in [-0.05, 0) is 50.3 Å². The first-order valence-electron chi connectivity index (χ1n) is 8.99. The van der Waals surface area contributed by atoms with E-state index in [1.807, 2.05) is 31.1 Å². The maximum absolute atomic E-state index is 13.1. The summed E-state index contributed by atoms with van der Waals surface area (Å²) in [4.78, 5) is 31.8. The van der Waals surface area contributed by atoms with Crippen molar-refractivity contribution in [3.8, 4) is 0 Å². The van der Waals surface area contributed by atoms with Gasteiger partial charge in [0.15, 0.2) is 5.13 Å². The van der Waals surface area contributed by atoms with Crippen LogP contribution in [0.3, 0.4) is 0 Å². The SMILES string of the molecule is CCc1ccc2nc(N(CCN(C)C)C(=O)c3ccc([N+](=O)[O-])cc3)sc2c1.Cl. The second kappa shape index (κ2) is 9.78. The number of rotatable bonds is 7. The van der Waals surface area contributed by atoms with E-state index in [1.54, 1.807) is 4.90 Å². The summed E-state index contributed by atoms with van der Waals surface area (Å²) in [6.07, 6.45) is 0.940. The van der Waals surface area contributed by atoms with Gasteiger partial charge in [0.2, 0.25) is 0 Å². The molecule has 2 aromatic carbocycles. The van der Waals surface area contributed by atoms with Crippen LogP contribution in [0.15, 0.2) is 42.5 Å². The number of nitrogens with zero attached hydrogens (tertiary/aromatic N) is 4.